The number of aliphatic carboxylic acids is 1. The zero-order valence-corrected chi connectivity index (χ0v) is 17.6. The summed E-state index contributed by atoms with van der Waals surface area (Å²) in [6.07, 6.45) is 0.450. The first kappa shape index (κ1) is 19.5. The van der Waals surface area contributed by atoms with E-state index >= 15 is 0 Å². The summed E-state index contributed by atoms with van der Waals surface area (Å²) in [7, 11) is 1.69. The number of benzene rings is 2. The van der Waals surface area contributed by atoms with Gasteiger partial charge in [0.1, 0.15) is 11.8 Å². The number of carboxylic acid groups (broad SMARTS) is 1. The number of para-hydroxylation sites is 1. The fourth-order valence-electron chi connectivity index (χ4n) is 4.44. The first-order chi connectivity index (χ1) is 13.7. The Balaban J connectivity index is 1.98. The molecule has 3 aromatic rings. The minimum atomic E-state index is -0.839. The molecule has 2 heterocycles. The van der Waals surface area contributed by atoms with Crippen molar-refractivity contribution < 1.29 is 14.6 Å². The molecule has 2 unspecified atom stereocenters. The quantitative estimate of drug-likeness (QED) is 0.615. The van der Waals surface area contributed by atoms with Crippen LogP contribution in [0.1, 0.15) is 54.8 Å². The summed E-state index contributed by atoms with van der Waals surface area (Å²) in [6, 6.07) is 11.4. The molecule has 0 radical (unpaired) electrons. The second-order valence-corrected chi connectivity index (χ2v) is 8.94. The van der Waals surface area contributed by atoms with Gasteiger partial charge in [-0.3, -0.25) is 10.1 Å². The Kier molecular flexibility index (Phi) is 4.66. The minimum Gasteiger partial charge on any atom is -0.496 e. The molecule has 1 aliphatic heterocycles. The van der Waals surface area contributed by atoms with E-state index in [0.29, 0.717) is 6.42 Å². The van der Waals surface area contributed by atoms with Crippen LogP contribution in [0.5, 0.6) is 5.75 Å². The van der Waals surface area contributed by atoms with E-state index in [4.69, 9.17) is 4.74 Å². The summed E-state index contributed by atoms with van der Waals surface area (Å²) in [5.74, 6) is -0.0233. The zero-order chi connectivity index (χ0) is 20.9. The number of nitrogens with one attached hydrogen (secondary N) is 2. The summed E-state index contributed by atoms with van der Waals surface area (Å²) >= 11 is 0. The molecule has 5 nitrogen and oxygen atoms in total. The van der Waals surface area contributed by atoms with Crippen molar-refractivity contribution in [3.63, 3.8) is 0 Å². The molecule has 29 heavy (non-hydrogen) atoms. The lowest BCUT2D eigenvalue weighted by Gasteiger charge is -2.32. The number of hydrogen-bond acceptors (Lipinski definition) is 3. The lowest BCUT2D eigenvalue weighted by atomic mass is 9.81. The molecule has 2 atom stereocenters. The molecule has 0 bridgehead atoms. The summed E-state index contributed by atoms with van der Waals surface area (Å²) in [5.41, 5.74) is 6.23. The lowest BCUT2D eigenvalue weighted by molar-refractivity contribution is -0.139. The summed E-state index contributed by atoms with van der Waals surface area (Å²) in [6.45, 7) is 8.56. The highest BCUT2D eigenvalue weighted by Crippen LogP contribution is 2.42. The van der Waals surface area contributed by atoms with Crippen LogP contribution in [0.3, 0.4) is 0 Å². The van der Waals surface area contributed by atoms with Gasteiger partial charge in [-0.05, 0) is 24.0 Å². The number of fused-ring (bicyclic) bond motifs is 3. The van der Waals surface area contributed by atoms with Gasteiger partial charge < -0.3 is 14.8 Å². The van der Waals surface area contributed by atoms with Crippen molar-refractivity contribution >= 4 is 16.9 Å². The average Bonchev–Trinajstić information content (AvgIpc) is 3.04. The molecular weight excluding hydrogens is 364 g/mol. The molecule has 4 rings (SSSR count). The number of rotatable bonds is 3. The third-order valence-electron chi connectivity index (χ3n) is 5.79. The number of carbonyl (C=O) groups is 1. The van der Waals surface area contributed by atoms with E-state index in [1.54, 1.807) is 7.11 Å². The minimum absolute atomic E-state index is 0.101. The fraction of sp³-hybridized carbons (Fsp3) is 0.375. The first-order valence-corrected chi connectivity index (χ1v) is 9.98. The van der Waals surface area contributed by atoms with Crippen LogP contribution in [0.25, 0.3) is 10.9 Å². The van der Waals surface area contributed by atoms with Gasteiger partial charge in [0.05, 0.1) is 13.2 Å². The van der Waals surface area contributed by atoms with E-state index in [9.17, 15) is 9.90 Å². The van der Waals surface area contributed by atoms with Crippen molar-refractivity contribution in [1.82, 2.24) is 10.3 Å². The van der Waals surface area contributed by atoms with Gasteiger partial charge in [0.2, 0.25) is 0 Å². The van der Waals surface area contributed by atoms with Crippen LogP contribution in [-0.2, 0) is 16.6 Å². The van der Waals surface area contributed by atoms with E-state index in [-0.39, 0.29) is 11.5 Å². The van der Waals surface area contributed by atoms with E-state index in [1.807, 2.05) is 18.2 Å². The number of H-pyrrole nitrogens is 1. The van der Waals surface area contributed by atoms with E-state index in [0.717, 1.165) is 44.6 Å². The summed E-state index contributed by atoms with van der Waals surface area (Å²) < 4.78 is 5.89. The lowest BCUT2D eigenvalue weighted by Crippen LogP contribution is -2.45. The Morgan fingerprint density at radius 2 is 1.93 bits per heavy atom. The largest absolute Gasteiger partial charge is 0.496 e. The van der Waals surface area contributed by atoms with Crippen LogP contribution < -0.4 is 10.1 Å². The third kappa shape index (κ3) is 3.29. The van der Waals surface area contributed by atoms with Gasteiger partial charge in [-0.2, -0.15) is 0 Å². The number of carboxylic acids is 1. The number of aryl methyl sites for hydroxylation is 1. The van der Waals surface area contributed by atoms with Crippen molar-refractivity contribution in [3.05, 3.63) is 64.3 Å². The van der Waals surface area contributed by atoms with Crippen LogP contribution in [-0.4, -0.2) is 29.2 Å². The van der Waals surface area contributed by atoms with Gasteiger partial charge in [-0.1, -0.05) is 56.7 Å². The zero-order valence-electron chi connectivity index (χ0n) is 17.6. The molecule has 0 fully saturated rings. The van der Waals surface area contributed by atoms with E-state index in [2.05, 4.69) is 56.2 Å². The second-order valence-electron chi connectivity index (χ2n) is 8.94. The predicted molar refractivity (Wildman–Crippen MR) is 115 cm³/mol. The van der Waals surface area contributed by atoms with Crippen LogP contribution in [0.2, 0.25) is 0 Å². The number of methoxy groups -OCH3 is 1. The highest BCUT2D eigenvalue weighted by molar-refractivity contribution is 5.87. The maximum absolute atomic E-state index is 11.9. The Morgan fingerprint density at radius 3 is 2.59 bits per heavy atom. The molecule has 0 amide bonds. The summed E-state index contributed by atoms with van der Waals surface area (Å²) in [4.78, 5) is 15.5. The third-order valence-corrected chi connectivity index (χ3v) is 5.79. The molecule has 0 saturated heterocycles. The molecule has 2 aromatic carbocycles. The normalized spacial score (nSPS) is 19.2. The molecule has 1 aromatic heterocycles. The molecule has 0 spiro atoms. The van der Waals surface area contributed by atoms with Crippen LogP contribution in [0, 0.1) is 6.92 Å². The van der Waals surface area contributed by atoms with E-state index < -0.39 is 12.0 Å². The maximum Gasteiger partial charge on any atom is 0.321 e. The van der Waals surface area contributed by atoms with Gasteiger partial charge in [0, 0.05) is 34.1 Å². The number of aromatic nitrogens is 1. The van der Waals surface area contributed by atoms with Gasteiger partial charge in [0.25, 0.3) is 0 Å². The van der Waals surface area contributed by atoms with Crippen LogP contribution in [0.4, 0.5) is 0 Å². The van der Waals surface area contributed by atoms with Crippen molar-refractivity contribution in [2.45, 2.75) is 51.6 Å². The van der Waals surface area contributed by atoms with Crippen molar-refractivity contribution in [1.29, 1.82) is 0 Å². The Hall–Kier alpha value is -2.79. The van der Waals surface area contributed by atoms with Gasteiger partial charge in [-0.15, -0.1) is 0 Å². The van der Waals surface area contributed by atoms with E-state index in [1.165, 1.54) is 0 Å². The monoisotopic (exact) mass is 392 g/mol. The fourth-order valence-corrected chi connectivity index (χ4v) is 4.44. The topological polar surface area (TPSA) is 74.3 Å². The molecule has 3 N–H and O–H groups in total. The molecule has 0 aliphatic carbocycles. The van der Waals surface area contributed by atoms with Gasteiger partial charge in [-0.25, -0.2) is 0 Å². The molecule has 152 valence electrons. The molecule has 0 saturated carbocycles. The van der Waals surface area contributed by atoms with Crippen LogP contribution in [0.15, 0.2) is 36.4 Å². The number of ether oxygens (including phenoxy) is 1. The van der Waals surface area contributed by atoms with Crippen molar-refractivity contribution in [2.24, 2.45) is 0 Å². The SMILES string of the molecule is COc1c(C2NC(C(=O)O)Cc3c2[nH]c2ccccc32)cc(C)cc1C(C)(C)C. The maximum atomic E-state index is 11.9. The highest BCUT2D eigenvalue weighted by Gasteiger charge is 2.36. The van der Waals surface area contributed by atoms with Crippen molar-refractivity contribution in [2.75, 3.05) is 7.11 Å². The first-order valence-electron chi connectivity index (χ1n) is 9.98. The Morgan fingerprint density at radius 1 is 1.21 bits per heavy atom. The molecule has 5 heteroatoms. The van der Waals surface area contributed by atoms with Gasteiger partial charge in [0.15, 0.2) is 0 Å². The highest BCUT2D eigenvalue weighted by atomic mass is 16.5. The Labute approximate surface area is 171 Å². The molecule has 1 aliphatic rings. The Bertz CT molecular complexity index is 1090. The number of aromatic amines is 1. The average molecular weight is 392 g/mol. The standard InChI is InChI=1S/C24H28N2O3/c1-13-10-16(22(29-5)17(11-13)24(2,3)4)21-20-15(12-19(26-21)23(27)28)14-8-6-7-9-18(14)25-20/h6-11,19,21,25-26H,12H2,1-5H3,(H,27,28). The smallest absolute Gasteiger partial charge is 0.321 e. The summed E-state index contributed by atoms with van der Waals surface area (Å²) in [5, 5.41) is 14.2. The van der Waals surface area contributed by atoms with Crippen LogP contribution >= 0.6 is 0 Å². The van der Waals surface area contributed by atoms with Crippen molar-refractivity contribution in [3.8, 4) is 5.75 Å². The number of hydrogen-bond donors (Lipinski definition) is 3. The molecular formula is C24H28N2O3. The second kappa shape index (κ2) is 6.92. The van der Waals surface area contributed by atoms with Gasteiger partial charge >= 0.3 is 5.97 Å². The predicted octanol–water partition coefficient (Wildman–Crippen LogP) is 4.47.